The summed E-state index contributed by atoms with van der Waals surface area (Å²) in [5, 5.41) is 2.74. The summed E-state index contributed by atoms with van der Waals surface area (Å²) in [4.78, 5) is 11.1. The lowest BCUT2D eigenvalue weighted by molar-refractivity contribution is -0.111. The number of allylic oxidation sites excluding steroid dienone is 1. The summed E-state index contributed by atoms with van der Waals surface area (Å²) in [6.07, 6.45) is 2.87. The molecule has 1 N–H and O–H groups in total. The normalized spacial score (nSPS) is 10.5. The molecule has 0 aliphatic carbocycles. The number of anilines is 1. The topological polar surface area (TPSA) is 29.1 Å². The van der Waals surface area contributed by atoms with Crippen LogP contribution in [0.15, 0.2) is 30.4 Å². The highest BCUT2D eigenvalue weighted by Crippen LogP contribution is 2.19. The third-order valence-corrected chi connectivity index (χ3v) is 1.74. The predicted molar refractivity (Wildman–Crippen MR) is 54.9 cm³/mol. The highest BCUT2D eigenvalue weighted by Gasteiger charge is 2.04. The zero-order valence-corrected chi connectivity index (χ0v) is 8.31. The second-order valence-corrected chi connectivity index (χ2v) is 3.05. The number of carbonyl (C=O) groups excluding carboxylic acids is 1. The largest absolute Gasteiger partial charge is 0.320 e. The molecule has 0 saturated carbocycles. The molecule has 4 heteroatoms. The molecule has 74 valence electrons. The number of rotatable bonds is 2. The fraction of sp³-hybridized carbons (Fsp3) is 0.100. The molecule has 0 heterocycles. The Balaban J connectivity index is 2.85. The summed E-state index contributed by atoms with van der Waals surface area (Å²) in [6.45, 7) is 1.70. The van der Waals surface area contributed by atoms with E-state index in [1.807, 2.05) is 0 Å². The Bertz CT molecular complexity index is 376. The first-order valence-corrected chi connectivity index (χ1v) is 4.40. The number of carbonyl (C=O) groups is 1. The van der Waals surface area contributed by atoms with Crippen LogP contribution in [0.1, 0.15) is 6.92 Å². The van der Waals surface area contributed by atoms with E-state index in [9.17, 15) is 9.18 Å². The van der Waals surface area contributed by atoms with Gasteiger partial charge < -0.3 is 5.32 Å². The van der Waals surface area contributed by atoms with Crippen LogP contribution in [-0.4, -0.2) is 5.91 Å². The van der Waals surface area contributed by atoms with Gasteiger partial charge in [0.15, 0.2) is 0 Å². The Morgan fingerprint density at radius 2 is 2.29 bits per heavy atom. The van der Waals surface area contributed by atoms with E-state index in [1.54, 1.807) is 13.0 Å². The molecule has 1 aromatic carbocycles. The van der Waals surface area contributed by atoms with Crippen molar-refractivity contribution >= 4 is 23.2 Å². The van der Waals surface area contributed by atoms with E-state index in [2.05, 4.69) is 5.32 Å². The molecular formula is C10H9ClFNO. The predicted octanol–water partition coefficient (Wildman–Crippen LogP) is 2.99. The fourth-order valence-corrected chi connectivity index (χ4v) is 1.09. The molecule has 14 heavy (non-hydrogen) atoms. The van der Waals surface area contributed by atoms with Gasteiger partial charge in [0.05, 0.1) is 5.69 Å². The van der Waals surface area contributed by atoms with Gasteiger partial charge in [-0.1, -0.05) is 17.7 Å². The van der Waals surface area contributed by atoms with E-state index < -0.39 is 5.82 Å². The molecule has 2 nitrogen and oxygen atoms in total. The first-order valence-electron chi connectivity index (χ1n) is 4.02. The van der Waals surface area contributed by atoms with Crippen LogP contribution in [0.2, 0.25) is 5.02 Å². The van der Waals surface area contributed by atoms with E-state index >= 15 is 0 Å². The van der Waals surface area contributed by atoms with Gasteiger partial charge in [0, 0.05) is 5.02 Å². The maximum atomic E-state index is 13.1. The van der Waals surface area contributed by atoms with Crippen molar-refractivity contribution in [2.45, 2.75) is 6.92 Å². The lowest BCUT2D eigenvalue weighted by Crippen LogP contribution is -2.09. The third-order valence-electron chi connectivity index (χ3n) is 1.50. The Morgan fingerprint density at radius 3 is 2.93 bits per heavy atom. The van der Waals surface area contributed by atoms with Crippen molar-refractivity contribution < 1.29 is 9.18 Å². The van der Waals surface area contributed by atoms with E-state index in [0.717, 1.165) is 0 Å². The highest BCUT2D eigenvalue weighted by molar-refractivity contribution is 6.30. The Kier molecular flexibility index (Phi) is 3.65. The molecule has 0 bridgehead atoms. The molecule has 1 rings (SSSR count). The molecule has 1 amide bonds. The van der Waals surface area contributed by atoms with Gasteiger partial charge in [0.2, 0.25) is 5.91 Å². The van der Waals surface area contributed by atoms with Gasteiger partial charge in [-0.05, 0) is 31.2 Å². The minimum Gasteiger partial charge on any atom is -0.320 e. The maximum absolute atomic E-state index is 13.1. The summed E-state index contributed by atoms with van der Waals surface area (Å²) in [7, 11) is 0. The van der Waals surface area contributed by atoms with Gasteiger partial charge >= 0.3 is 0 Å². The molecule has 0 unspecified atom stereocenters. The Labute approximate surface area is 86.4 Å². The first kappa shape index (κ1) is 10.7. The lowest BCUT2D eigenvalue weighted by atomic mass is 10.3. The fourth-order valence-electron chi connectivity index (χ4n) is 0.919. The summed E-state index contributed by atoms with van der Waals surface area (Å²) in [6, 6.07) is 3.98. The minimum absolute atomic E-state index is 0.0839. The van der Waals surface area contributed by atoms with Crippen LogP contribution in [0.25, 0.3) is 0 Å². The van der Waals surface area contributed by atoms with Gasteiger partial charge in [0.1, 0.15) is 5.82 Å². The van der Waals surface area contributed by atoms with Gasteiger partial charge in [-0.25, -0.2) is 4.39 Å². The minimum atomic E-state index is -0.507. The summed E-state index contributed by atoms with van der Waals surface area (Å²) in [5.41, 5.74) is 0.0839. The van der Waals surface area contributed by atoms with Crippen LogP contribution in [-0.2, 0) is 4.79 Å². The van der Waals surface area contributed by atoms with Crippen molar-refractivity contribution in [3.63, 3.8) is 0 Å². The van der Waals surface area contributed by atoms with Gasteiger partial charge in [-0.2, -0.15) is 0 Å². The average molecular weight is 214 g/mol. The summed E-state index contributed by atoms with van der Waals surface area (Å²) >= 11 is 5.64. The van der Waals surface area contributed by atoms with Crippen molar-refractivity contribution in [1.29, 1.82) is 0 Å². The molecule has 0 fully saturated rings. The highest BCUT2D eigenvalue weighted by atomic mass is 35.5. The molecule has 0 aliphatic rings. The number of nitrogens with one attached hydrogen (secondary N) is 1. The van der Waals surface area contributed by atoms with Crippen molar-refractivity contribution in [2.24, 2.45) is 0 Å². The average Bonchev–Trinajstić information content (AvgIpc) is 2.12. The van der Waals surface area contributed by atoms with Crippen molar-refractivity contribution in [3.8, 4) is 0 Å². The van der Waals surface area contributed by atoms with E-state index in [4.69, 9.17) is 11.6 Å². The third kappa shape index (κ3) is 2.85. The molecule has 1 aromatic rings. The van der Waals surface area contributed by atoms with Crippen LogP contribution in [0.4, 0.5) is 10.1 Å². The lowest BCUT2D eigenvalue weighted by Gasteiger charge is -2.03. The quantitative estimate of drug-likeness (QED) is 0.752. The van der Waals surface area contributed by atoms with Crippen LogP contribution in [0, 0.1) is 5.82 Å². The van der Waals surface area contributed by atoms with Crippen LogP contribution < -0.4 is 5.32 Å². The van der Waals surface area contributed by atoms with E-state index in [1.165, 1.54) is 24.3 Å². The molecular weight excluding hydrogens is 205 g/mol. The molecule has 0 radical (unpaired) electrons. The maximum Gasteiger partial charge on any atom is 0.248 e. The summed E-state index contributed by atoms with van der Waals surface area (Å²) < 4.78 is 13.1. The van der Waals surface area contributed by atoms with Crippen LogP contribution >= 0.6 is 11.6 Å². The Hall–Kier alpha value is -1.35. The second-order valence-electron chi connectivity index (χ2n) is 2.61. The zero-order chi connectivity index (χ0) is 10.6. The van der Waals surface area contributed by atoms with Crippen LogP contribution in [0.3, 0.4) is 0 Å². The number of hydrogen-bond acceptors (Lipinski definition) is 1. The van der Waals surface area contributed by atoms with Gasteiger partial charge in [-0.3, -0.25) is 4.79 Å². The SMILES string of the molecule is CC=CC(=O)Nc1cc(Cl)ccc1F. The molecule has 0 atom stereocenters. The standard InChI is InChI=1S/C10H9ClFNO/c1-2-3-10(14)13-9-6-7(11)4-5-8(9)12/h2-6H,1H3,(H,13,14). The Morgan fingerprint density at radius 1 is 1.57 bits per heavy atom. The van der Waals surface area contributed by atoms with Crippen molar-refractivity contribution in [1.82, 2.24) is 0 Å². The van der Waals surface area contributed by atoms with E-state index in [0.29, 0.717) is 5.02 Å². The second kappa shape index (κ2) is 4.77. The van der Waals surface area contributed by atoms with Crippen LogP contribution in [0.5, 0.6) is 0 Å². The monoisotopic (exact) mass is 213 g/mol. The molecule has 0 aromatic heterocycles. The van der Waals surface area contributed by atoms with Crippen molar-refractivity contribution in [3.05, 3.63) is 41.2 Å². The number of amides is 1. The smallest absolute Gasteiger partial charge is 0.248 e. The summed E-state index contributed by atoms with van der Waals surface area (Å²) in [5.74, 6) is -0.888. The molecule has 0 aliphatic heterocycles. The van der Waals surface area contributed by atoms with Crippen molar-refractivity contribution in [2.75, 3.05) is 5.32 Å². The molecule has 0 spiro atoms. The van der Waals surface area contributed by atoms with Gasteiger partial charge in [-0.15, -0.1) is 0 Å². The number of hydrogen-bond donors (Lipinski definition) is 1. The zero-order valence-electron chi connectivity index (χ0n) is 7.55. The molecule has 0 saturated heterocycles. The van der Waals surface area contributed by atoms with Gasteiger partial charge in [0.25, 0.3) is 0 Å². The van der Waals surface area contributed by atoms with E-state index in [-0.39, 0.29) is 11.6 Å². The first-order chi connectivity index (χ1) is 6.63. The number of halogens is 2. The number of benzene rings is 1.